The van der Waals surface area contributed by atoms with Crippen LogP contribution in [0.3, 0.4) is 0 Å². The van der Waals surface area contributed by atoms with Gasteiger partial charge in [-0.25, -0.2) is 0 Å². The quantitative estimate of drug-likeness (QED) is 0.784. The van der Waals surface area contributed by atoms with E-state index in [1.54, 1.807) is 0 Å². The highest BCUT2D eigenvalue weighted by molar-refractivity contribution is 5.77. The van der Waals surface area contributed by atoms with Crippen LogP contribution in [-0.2, 0) is 24.5 Å². The Morgan fingerprint density at radius 1 is 1.59 bits per heavy atom. The van der Waals surface area contributed by atoms with Gasteiger partial charge in [-0.3, -0.25) is 9.48 Å². The van der Waals surface area contributed by atoms with E-state index in [9.17, 15) is 4.79 Å². The zero-order valence-corrected chi connectivity index (χ0v) is 9.96. The SMILES string of the molecule is C/C=C/CC(=O)N1CCn2nc(CO)cc2C1. The van der Waals surface area contributed by atoms with Crippen molar-refractivity contribution in [3.63, 3.8) is 0 Å². The predicted molar refractivity (Wildman–Crippen MR) is 63.0 cm³/mol. The molecule has 0 spiro atoms. The third-order valence-electron chi connectivity index (χ3n) is 2.89. The maximum atomic E-state index is 11.8. The zero-order valence-electron chi connectivity index (χ0n) is 9.96. The monoisotopic (exact) mass is 235 g/mol. The van der Waals surface area contributed by atoms with Gasteiger partial charge >= 0.3 is 0 Å². The van der Waals surface area contributed by atoms with Crippen LogP contribution >= 0.6 is 0 Å². The van der Waals surface area contributed by atoms with Crippen molar-refractivity contribution >= 4 is 5.91 Å². The van der Waals surface area contributed by atoms with E-state index >= 15 is 0 Å². The summed E-state index contributed by atoms with van der Waals surface area (Å²) >= 11 is 0. The van der Waals surface area contributed by atoms with Crippen LogP contribution in [0.4, 0.5) is 0 Å². The minimum absolute atomic E-state index is 0.0491. The van der Waals surface area contributed by atoms with Gasteiger partial charge in [-0.1, -0.05) is 12.2 Å². The van der Waals surface area contributed by atoms with Crippen LogP contribution in [0, 0.1) is 0 Å². The van der Waals surface area contributed by atoms with Crippen LogP contribution < -0.4 is 0 Å². The fourth-order valence-corrected chi connectivity index (χ4v) is 1.96. The largest absolute Gasteiger partial charge is 0.390 e. The summed E-state index contributed by atoms with van der Waals surface area (Å²) in [4.78, 5) is 13.7. The molecule has 1 aromatic heterocycles. The first-order valence-electron chi connectivity index (χ1n) is 5.80. The standard InChI is InChI=1S/C12H17N3O2/c1-2-3-4-12(17)14-5-6-15-11(8-14)7-10(9-16)13-15/h2-3,7,16H,4-6,8-9H2,1H3/b3-2+. The molecular formula is C12H17N3O2. The summed E-state index contributed by atoms with van der Waals surface area (Å²) < 4.78 is 1.87. The molecule has 17 heavy (non-hydrogen) atoms. The summed E-state index contributed by atoms with van der Waals surface area (Å²) in [6, 6.07) is 1.86. The number of aromatic nitrogens is 2. The molecule has 0 unspecified atom stereocenters. The summed E-state index contributed by atoms with van der Waals surface area (Å²) in [6.07, 6.45) is 4.21. The summed E-state index contributed by atoms with van der Waals surface area (Å²) in [7, 11) is 0. The summed E-state index contributed by atoms with van der Waals surface area (Å²) in [6.45, 7) is 3.84. The van der Waals surface area contributed by atoms with Gasteiger partial charge in [0.05, 0.1) is 31.1 Å². The summed E-state index contributed by atoms with van der Waals surface area (Å²) in [5.41, 5.74) is 1.66. The first kappa shape index (κ1) is 11.9. The molecule has 0 aromatic carbocycles. The highest BCUT2D eigenvalue weighted by atomic mass is 16.3. The van der Waals surface area contributed by atoms with E-state index in [4.69, 9.17) is 5.11 Å². The van der Waals surface area contributed by atoms with Gasteiger partial charge in [0.15, 0.2) is 0 Å². The van der Waals surface area contributed by atoms with E-state index in [1.807, 2.05) is 34.7 Å². The molecule has 0 aliphatic carbocycles. The maximum Gasteiger partial charge on any atom is 0.226 e. The first-order chi connectivity index (χ1) is 8.24. The minimum Gasteiger partial charge on any atom is -0.390 e. The van der Waals surface area contributed by atoms with E-state index < -0.39 is 0 Å². The molecule has 2 heterocycles. The van der Waals surface area contributed by atoms with Gasteiger partial charge in [0.25, 0.3) is 0 Å². The van der Waals surface area contributed by atoms with Crippen molar-refractivity contribution in [3.05, 3.63) is 29.6 Å². The minimum atomic E-state index is -0.0491. The number of carbonyl (C=O) groups excluding carboxylic acids is 1. The van der Waals surface area contributed by atoms with Gasteiger partial charge in [-0.15, -0.1) is 0 Å². The Balaban J connectivity index is 2.05. The van der Waals surface area contributed by atoms with Crippen molar-refractivity contribution in [2.75, 3.05) is 6.54 Å². The predicted octanol–water partition coefficient (Wildman–Crippen LogP) is 0.684. The normalized spacial score (nSPS) is 15.3. The Labute approximate surface area is 100 Å². The van der Waals surface area contributed by atoms with Crippen molar-refractivity contribution in [2.24, 2.45) is 0 Å². The molecule has 2 rings (SSSR count). The molecule has 0 radical (unpaired) electrons. The Kier molecular flexibility index (Phi) is 3.58. The number of hydrogen-bond donors (Lipinski definition) is 1. The van der Waals surface area contributed by atoms with Gasteiger partial charge in [0, 0.05) is 13.0 Å². The van der Waals surface area contributed by atoms with Crippen molar-refractivity contribution < 1.29 is 9.90 Å². The number of fused-ring (bicyclic) bond motifs is 1. The van der Waals surface area contributed by atoms with E-state index in [1.165, 1.54) is 0 Å². The highest BCUT2D eigenvalue weighted by Crippen LogP contribution is 2.14. The number of hydrogen-bond acceptors (Lipinski definition) is 3. The van der Waals surface area contributed by atoms with Crippen molar-refractivity contribution in [2.45, 2.75) is 33.0 Å². The molecule has 5 heteroatoms. The van der Waals surface area contributed by atoms with Crippen LogP contribution in [0.5, 0.6) is 0 Å². The van der Waals surface area contributed by atoms with Crippen LogP contribution in [0.15, 0.2) is 18.2 Å². The fourth-order valence-electron chi connectivity index (χ4n) is 1.96. The number of aliphatic hydroxyl groups excluding tert-OH is 1. The molecule has 1 N–H and O–H groups in total. The lowest BCUT2D eigenvalue weighted by molar-refractivity contribution is -0.131. The molecule has 0 fully saturated rings. The second-order valence-electron chi connectivity index (χ2n) is 4.10. The Hall–Kier alpha value is -1.62. The van der Waals surface area contributed by atoms with Crippen molar-refractivity contribution in [1.29, 1.82) is 0 Å². The van der Waals surface area contributed by atoms with Crippen LogP contribution in [0.2, 0.25) is 0 Å². The number of amides is 1. The van der Waals surface area contributed by atoms with Crippen molar-refractivity contribution in [1.82, 2.24) is 14.7 Å². The lowest BCUT2D eigenvalue weighted by atomic mass is 10.2. The van der Waals surface area contributed by atoms with E-state index in [-0.39, 0.29) is 12.5 Å². The molecule has 1 aliphatic heterocycles. The Bertz CT molecular complexity index is 437. The summed E-state index contributed by atoms with van der Waals surface area (Å²) in [5.74, 6) is 0.140. The molecule has 5 nitrogen and oxygen atoms in total. The Morgan fingerprint density at radius 3 is 3.12 bits per heavy atom. The maximum absolute atomic E-state index is 11.8. The summed E-state index contributed by atoms with van der Waals surface area (Å²) in [5, 5.41) is 13.3. The third kappa shape index (κ3) is 2.55. The topological polar surface area (TPSA) is 58.4 Å². The molecular weight excluding hydrogens is 218 g/mol. The lowest BCUT2D eigenvalue weighted by Crippen LogP contribution is -2.38. The van der Waals surface area contributed by atoms with Gasteiger partial charge in [0.2, 0.25) is 5.91 Å². The van der Waals surface area contributed by atoms with Crippen LogP contribution in [0.1, 0.15) is 24.7 Å². The fraction of sp³-hybridized carbons (Fsp3) is 0.500. The van der Waals surface area contributed by atoms with Gasteiger partial charge in [-0.05, 0) is 13.0 Å². The number of nitrogens with zero attached hydrogens (tertiary/aromatic N) is 3. The average Bonchev–Trinajstić information content (AvgIpc) is 2.77. The van der Waals surface area contributed by atoms with Gasteiger partial charge in [-0.2, -0.15) is 5.10 Å². The highest BCUT2D eigenvalue weighted by Gasteiger charge is 2.21. The Morgan fingerprint density at radius 2 is 2.41 bits per heavy atom. The van der Waals surface area contributed by atoms with Gasteiger partial charge < -0.3 is 10.0 Å². The van der Waals surface area contributed by atoms with Crippen molar-refractivity contribution in [3.8, 4) is 0 Å². The average molecular weight is 235 g/mol. The second-order valence-corrected chi connectivity index (χ2v) is 4.10. The first-order valence-corrected chi connectivity index (χ1v) is 5.80. The smallest absolute Gasteiger partial charge is 0.226 e. The molecule has 1 aromatic rings. The number of allylic oxidation sites excluding steroid dienone is 1. The molecule has 0 saturated carbocycles. The molecule has 0 bridgehead atoms. The van der Waals surface area contributed by atoms with Gasteiger partial charge in [0.1, 0.15) is 0 Å². The number of aliphatic hydroxyl groups is 1. The lowest BCUT2D eigenvalue weighted by Gasteiger charge is -2.27. The zero-order chi connectivity index (χ0) is 12.3. The molecule has 1 amide bonds. The second kappa shape index (κ2) is 5.14. The van der Waals surface area contributed by atoms with E-state index in [0.29, 0.717) is 31.7 Å². The van der Waals surface area contributed by atoms with Crippen LogP contribution in [-0.4, -0.2) is 32.2 Å². The number of rotatable bonds is 3. The molecule has 92 valence electrons. The van der Waals surface area contributed by atoms with Crippen LogP contribution in [0.25, 0.3) is 0 Å². The molecule has 0 saturated heterocycles. The molecule has 1 aliphatic rings. The van der Waals surface area contributed by atoms with E-state index in [0.717, 1.165) is 5.69 Å². The molecule has 0 atom stereocenters. The van der Waals surface area contributed by atoms with E-state index in [2.05, 4.69) is 5.10 Å². The third-order valence-corrected chi connectivity index (χ3v) is 2.89. The number of carbonyl (C=O) groups is 1.